The zero-order valence-corrected chi connectivity index (χ0v) is 13.2. The third-order valence-corrected chi connectivity index (χ3v) is 3.67. The van der Waals surface area contributed by atoms with Crippen LogP contribution in [-0.2, 0) is 0 Å². The molecular weight excluding hydrogens is 304 g/mol. The van der Waals surface area contributed by atoms with Crippen LogP contribution in [0.4, 0.5) is 0 Å². The van der Waals surface area contributed by atoms with E-state index in [1.165, 1.54) is 0 Å². The molecule has 2 aromatic rings. The van der Waals surface area contributed by atoms with Crippen molar-refractivity contribution in [3.63, 3.8) is 0 Å². The summed E-state index contributed by atoms with van der Waals surface area (Å²) >= 11 is 3.47. The van der Waals surface area contributed by atoms with Gasteiger partial charge in [-0.3, -0.25) is 0 Å². The van der Waals surface area contributed by atoms with Crippen molar-refractivity contribution in [3.05, 3.63) is 45.7 Å². The lowest BCUT2D eigenvalue weighted by molar-refractivity contribution is 0.436. The van der Waals surface area contributed by atoms with Crippen LogP contribution in [0.2, 0.25) is 0 Å². The summed E-state index contributed by atoms with van der Waals surface area (Å²) in [6.45, 7) is 8.19. The van der Waals surface area contributed by atoms with Gasteiger partial charge in [-0.05, 0) is 49.6 Å². The molecule has 100 valence electrons. The summed E-state index contributed by atoms with van der Waals surface area (Å²) in [4.78, 5) is 8.75. The fourth-order valence-electron chi connectivity index (χ4n) is 1.69. The van der Waals surface area contributed by atoms with Crippen LogP contribution in [0.5, 0.6) is 11.8 Å². The molecule has 2 rings (SSSR count). The molecule has 0 atom stereocenters. The highest BCUT2D eigenvalue weighted by atomic mass is 79.9. The van der Waals surface area contributed by atoms with Crippen molar-refractivity contribution in [3.8, 4) is 11.8 Å². The Morgan fingerprint density at radius 2 is 1.84 bits per heavy atom. The molecule has 0 bridgehead atoms. The van der Waals surface area contributed by atoms with E-state index in [-0.39, 0.29) is 0 Å². The van der Waals surface area contributed by atoms with E-state index in [1.54, 1.807) is 0 Å². The molecule has 0 aliphatic heterocycles. The van der Waals surface area contributed by atoms with E-state index in [0.717, 1.165) is 27.2 Å². The number of hydrogen-bond acceptors (Lipinski definition) is 3. The van der Waals surface area contributed by atoms with Gasteiger partial charge in [0.2, 0.25) is 0 Å². The van der Waals surface area contributed by atoms with Gasteiger partial charge in [0.15, 0.2) is 0 Å². The van der Waals surface area contributed by atoms with Gasteiger partial charge in [-0.25, -0.2) is 4.98 Å². The highest BCUT2D eigenvalue weighted by Crippen LogP contribution is 2.25. The maximum atomic E-state index is 5.74. The highest BCUT2D eigenvalue weighted by Gasteiger charge is 2.08. The maximum absolute atomic E-state index is 5.74. The van der Waals surface area contributed by atoms with E-state index in [0.29, 0.717) is 11.9 Å². The van der Waals surface area contributed by atoms with Gasteiger partial charge in [0.1, 0.15) is 5.75 Å². The van der Waals surface area contributed by atoms with E-state index < -0.39 is 0 Å². The molecule has 1 aromatic heterocycles. The molecule has 19 heavy (non-hydrogen) atoms. The van der Waals surface area contributed by atoms with Crippen LogP contribution < -0.4 is 4.74 Å². The monoisotopic (exact) mass is 320 g/mol. The Kier molecular flexibility index (Phi) is 4.20. The van der Waals surface area contributed by atoms with Crippen molar-refractivity contribution < 1.29 is 4.74 Å². The van der Waals surface area contributed by atoms with Crippen LogP contribution in [0.25, 0.3) is 0 Å². The third-order valence-electron chi connectivity index (χ3n) is 2.78. The van der Waals surface area contributed by atoms with Crippen LogP contribution in [0.3, 0.4) is 0 Å². The largest absolute Gasteiger partial charge is 0.424 e. The number of ether oxygens (including phenoxy) is 1. The van der Waals surface area contributed by atoms with Crippen molar-refractivity contribution in [1.82, 2.24) is 9.97 Å². The summed E-state index contributed by atoms with van der Waals surface area (Å²) < 4.78 is 6.81. The SMILES string of the molecule is Cc1cc(C(C)C)nc(Oc2ccc(Br)c(C)c2)n1. The lowest BCUT2D eigenvalue weighted by Gasteiger charge is -2.10. The molecule has 0 fully saturated rings. The number of aromatic nitrogens is 2. The molecule has 0 spiro atoms. The average molecular weight is 321 g/mol. The van der Waals surface area contributed by atoms with E-state index in [2.05, 4.69) is 39.7 Å². The van der Waals surface area contributed by atoms with Gasteiger partial charge in [0.25, 0.3) is 0 Å². The summed E-state index contributed by atoms with van der Waals surface area (Å²) in [5.74, 6) is 1.11. The number of rotatable bonds is 3. The molecule has 4 heteroatoms. The maximum Gasteiger partial charge on any atom is 0.322 e. The van der Waals surface area contributed by atoms with E-state index in [9.17, 15) is 0 Å². The Morgan fingerprint density at radius 3 is 2.47 bits per heavy atom. The number of benzene rings is 1. The van der Waals surface area contributed by atoms with Gasteiger partial charge in [0.05, 0.1) is 5.69 Å². The van der Waals surface area contributed by atoms with Gasteiger partial charge >= 0.3 is 6.01 Å². The molecule has 0 saturated carbocycles. The average Bonchev–Trinajstić information content (AvgIpc) is 2.33. The highest BCUT2D eigenvalue weighted by molar-refractivity contribution is 9.10. The van der Waals surface area contributed by atoms with Crippen molar-refractivity contribution in [2.24, 2.45) is 0 Å². The van der Waals surface area contributed by atoms with Crippen LogP contribution >= 0.6 is 15.9 Å². The van der Waals surface area contributed by atoms with Gasteiger partial charge in [-0.1, -0.05) is 29.8 Å². The van der Waals surface area contributed by atoms with Crippen LogP contribution in [-0.4, -0.2) is 9.97 Å². The predicted octanol–water partition coefficient (Wildman–Crippen LogP) is 4.77. The summed E-state index contributed by atoms with van der Waals surface area (Å²) in [5.41, 5.74) is 3.04. The molecule has 0 amide bonds. The molecule has 0 unspecified atom stereocenters. The number of nitrogens with zero attached hydrogens (tertiary/aromatic N) is 2. The first kappa shape index (κ1) is 14.0. The molecule has 1 aromatic carbocycles. The Bertz CT molecular complexity index is 597. The van der Waals surface area contributed by atoms with Crippen molar-refractivity contribution in [2.75, 3.05) is 0 Å². The molecule has 0 aliphatic carbocycles. The predicted molar refractivity (Wildman–Crippen MR) is 79.8 cm³/mol. The summed E-state index contributed by atoms with van der Waals surface area (Å²) in [7, 11) is 0. The zero-order valence-electron chi connectivity index (χ0n) is 11.6. The van der Waals surface area contributed by atoms with Crippen LogP contribution in [0.1, 0.15) is 36.7 Å². The lowest BCUT2D eigenvalue weighted by atomic mass is 10.1. The number of aryl methyl sites for hydroxylation is 2. The quantitative estimate of drug-likeness (QED) is 0.816. The second-order valence-electron chi connectivity index (χ2n) is 4.88. The standard InChI is InChI=1S/C15H17BrN2O/c1-9(2)14-8-11(4)17-15(18-14)19-12-5-6-13(16)10(3)7-12/h5-9H,1-4H3. The Hall–Kier alpha value is -1.42. The third kappa shape index (κ3) is 3.53. The first-order chi connectivity index (χ1) is 8.95. The smallest absolute Gasteiger partial charge is 0.322 e. The molecular formula is C15H17BrN2O. The van der Waals surface area contributed by atoms with Crippen molar-refractivity contribution in [2.45, 2.75) is 33.6 Å². The topological polar surface area (TPSA) is 35.0 Å². The molecule has 3 nitrogen and oxygen atoms in total. The Balaban J connectivity index is 2.29. The van der Waals surface area contributed by atoms with Gasteiger partial charge in [0, 0.05) is 10.2 Å². The Morgan fingerprint density at radius 1 is 1.11 bits per heavy atom. The summed E-state index contributed by atoms with van der Waals surface area (Å²) in [6.07, 6.45) is 0. The zero-order chi connectivity index (χ0) is 14.0. The van der Waals surface area contributed by atoms with E-state index >= 15 is 0 Å². The van der Waals surface area contributed by atoms with Crippen molar-refractivity contribution in [1.29, 1.82) is 0 Å². The second kappa shape index (κ2) is 5.70. The fraction of sp³-hybridized carbons (Fsp3) is 0.333. The molecule has 0 saturated heterocycles. The minimum atomic E-state index is 0.357. The lowest BCUT2D eigenvalue weighted by Crippen LogP contribution is -2.00. The first-order valence-electron chi connectivity index (χ1n) is 6.25. The summed E-state index contributed by atoms with van der Waals surface area (Å²) in [5, 5.41) is 0. The van der Waals surface area contributed by atoms with Gasteiger partial charge in [-0.2, -0.15) is 4.98 Å². The molecule has 0 radical (unpaired) electrons. The van der Waals surface area contributed by atoms with E-state index in [4.69, 9.17) is 4.74 Å². The normalized spacial score (nSPS) is 10.8. The van der Waals surface area contributed by atoms with Crippen LogP contribution in [0, 0.1) is 13.8 Å². The minimum Gasteiger partial charge on any atom is -0.424 e. The number of hydrogen-bond donors (Lipinski definition) is 0. The van der Waals surface area contributed by atoms with Crippen LogP contribution in [0.15, 0.2) is 28.7 Å². The summed E-state index contributed by atoms with van der Waals surface area (Å²) in [6, 6.07) is 8.22. The Labute approximate surface area is 122 Å². The second-order valence-corrected chi connectivity index (χ2v) is 5.74. The van der Waals surface area contributed by atoms with Gasteiger partial charge < -0.3 is 4.74 Å². The fourth-order valence-corrected chi connectivity index (χ4v) is 1.94. The first-order valence-corrected chi connectivity index (χ1v) is 7.04. The molecule has 0 aliphatic rings. The minimum absolute atomic E-state index is 0.357. The van der Waals surface area contributed by atoms with E-state index in [1.807, 2.05) is 38.1 Å². The van der Waals surface area contributed by atoms with Crippen molar-refractivity contribution >= 4 is 15.9 Å². The number of halogens is 1. The van der Waals surface area contributed by atoms with Gasteiger partial charge in [-0.15, -0.1) is 0 Å². The molecule has 0 N–H and O–H groups in total. The molecule has 1 heterocycles.